The van der Waals surface area contributed by atoms with Crippen molar-refractivity contribution in [2.45, 2.75) is 33.2 Å². The SMILES string of the molecule is CC(=O)N(C)CCn1ncc(C(C)C)n1. The standard InChI is InChI=1S/C10H18N4O/c1-8(2)10-7-11-14(12-10)6-5-13(4)9(3)15/h7-8H,5-6H2,1-4H3. The van der Waals surface area contributed by atoms with Crippen molar-refractivity contribution in [2.24, 2.45) is 0 Å². The third-order valence-corrected chi connectivity index (χ3v) is 2.32. The molecule has 5 nitrogen and oxygen atoms in total. The fourth-order valence-corrected chi connectivity index (χ4v) is 1.08. The number of carbonyl (C=O) groups is 1. The van der Waals surface area contributed by atoms with Crippen molar-refractivity contribution in [1.82, 2.24) is 19.9 Å². The second kappa shape index (κ2) is 4.91. The van der Waals surface area contributed by atoms with Crippen LogP contribution >= 0.6 is 0 Å². The maximum atomic E-state index is 11.0. The lowest BCUT2D eigenvalue weighted by Crippen LogP contribution is -2.28. The Morgan fingerprint density at radius 1 is 1.60 bits per heavy atom. The highest BCUT2D eigenvalue weighted by Gasteiger charge is 2.06. The van der Waals surface area contributed by atoms with Gasteiger partial charge in [0.2, 0.25) is 5.91 Å². The summed E-state index contributed by atoms with van der Waals surface area (Å²) in [6.07, 6.45) is 1.78. The average molecular weight is 210 g/mol. The lowest BCUT2D eigenvalue weighted by atomic mass is 10.2. The largest absolute Gasteiger partial charge is 0.344 e. The molecule has 0 saturated carbocycles. The third kappa shape index (κ3) is 3.34. The molecule has 0 N–H and O–H groups in total. The van der Waals surface area contributed by atoms with Crippen LogP contribution in [0.15, 0.2) is 6.20 Å². The van der Waals surface area contributed by atoms with Crippen molar-refractivity contribution in [3.8, 4) is 0 Å². The Kier molecular flexibility index (Phi) is 3.82. The van der Waals surface area contributed by atoms with E-state index in [4.69, 9.17) is 0 Å². The Labute approximate surface area is 90.1 Å². The van der Waals surface area contributed by atoms with Gasteiger partial charge in [-0.2, -0.15) is 15.0 Å². The Morgan fingerprint density at radius 2 is 2.27 bits per heavy atom. The molecule has 1 heterocycles. The molecule has 0 atom stereocenters. The predicted octanol–water partition coefficient (Wildman–Crippen LogP) is 0.880. The van der Waals surface area contributed by atoms with Gasteiger partial charge in [-0.15, -0.1) is 0 Å². The smallest absolute Gasteiger partial charge is 0.219 e. The predicted molar refractivity (Wildman–Crippen MR) is 57.4 cm³/mol. The minimum absolute atomic E-state index is 0.0613. The van der Waals surface area contributed by atoms with Crippen LogP contribution in [-0.4, -0.2) is 39.4 Å². The van der Waals surface area contributed by atoms with Gasteiger partial charge in [0.25, 0.3) is 0 Å². The lowest BCUT2D eigenvalue weighted by Gasteiger charge is -2.13. The van der Waals surface area contributed by atoms with Crippen LogP contribution in [0.3, 0.4) is 0 Å². The molecule has 0 aromatic carbocycles. The van der Waals surface area contributed by atoms with Gasteiger partial charge in [-0.3, -0.25) is 4.79 Å². The molecular weight excluding hydrogens is 192 g/mol. The van der Waals surface area contributed by atoms with E-state index >= 15 is 0 Å². The van der Waals surface area contributed by atoms with E-state index in [1.165, 1.54) is 0 Å². The number of hydrogen-bond donors (Lipinski definition) is 0. The minimum Gasteiger partial charge on any atom is -0.344 e. The Bertz CT molecular complexity index is 332. The highest BCUT2D eigenvalue weighted by atomic mass is 16.2. The molecule has 0 fully saturated rings. The van der Waals surface area contributed by atoms with Crippen LogP contribution in [0.2, 0.25) is 0 Å². The van der Waals surface area contributed by atoms with Gasteiger partial charge in [-0.25, -0.2) is 0 Å². The van der Waals surface area contributed by atoms with Crippen molar-refractivity contribution in [1.29, 1.82) is 0 Å². The number of hydrogen-bond acceptors (Lipinski definition) is 3. The summed E-state index contributed by atoms with van der Waals surface area (Å²) in [6.45, 7) is 6.99. The van der Waals surface area contributed by atoms with Gasteiger partial charge in [0, 0.05) is 20.5 Å². The Morgan fingerprint density at radius 3 is 2.73 bits per heavy atom. The summed E-state index contributed by atoms with van der Waals surface area (Å²) in [5, 5.41) is 8.44. The van der Waals surface area contributed by atoms with E-state index in [-0.39, 0.29) is 5.91 Å². The highest BCUT2D eigenvalue weighted by Crippen LogP contribution is 2.08. The Hall–Kier alpha value is -1.39. The van der Waals surface area contributed by atoms with E-state index in [2.05, 4.69) is 24.0 Å². The van der Waals surface area contributed by atoms with Gasteiger partial charge in [0.05, 0.1) is 18.4 Å². The minimum atomic E-state index is 0.0613. The number of likely N-dealkylation sites (N-methyl/N-ethyl adjacent to an activating group) is 1. The van der Waals surface area contributed by atoms with Crippen LogP contribution < -0.4 is 0 Å². The van der Waals surface area contributed by atoms with Gasteiger partial charge >= 0.3 is 0 Å². The molecule has 0 aliphatic carbocycles. The number of aromatic nitrogens is 3. The van der Waals surface area contributed by atoms with Crippen LogP contribution in [0.5, 0.6) is 0 Å². The second-order valence-corrected chi connectivity index (χ2v) is 3.96. The molecular formula is C10H18N4O. The van der Waals surface area contributed by atoms with Crippen LogP contribution in [-0.2, 0) is 11.3 Å². The zero-order valence-electron chi connectivity index (χ0n) is 9.77. The van der Waals surface area contributed by atoms with Crippen molar-refractivity contribution < 1.29 is 4.79 Å². The fourth-order valence-electron chi connectivity index (χ4n) is 1.08. The number of nitrogens with zero attached hydrogens (tertiary/aromatic N) is 4. The molecule has 1 aromatic heterocycles. The van der Waals surface area contributed by atoms with Crippen molar-refractivity contribution in [3.63, 3.8) is 0 Å². The molecule has 1 aromatic rings. The van der Waals surface area contributed by atoms with Crippen LogP contribution in [0.25, 0.3) is 0 Å². The van der Waals surface area contributed by atoms with E-state index in [0.29, 0.717) is 19.0 Å². The quantitative estimate of drug-likeness (QED) is 0.741. The monoisotopic (exact) mass is 210 g/mol. The summed E-state index contributed by atoms with van der Waals surface area (Å²) in [5.74, 6) is 0.454. The molecule has 0 spiro atoms. The molecule has 84 valence electrons. The van der Waals surface area contributed by atoms with Crippen LogP contribution in [0.4, 0.5) is 0 Å². The van der Waals surface area contributed by atoms with Gasteiger partial charge in [0.15, 0.2) is 0 Å². The van der Waals surface area contributed by atoms with Crippen LogP contribution in [0.1, 0.15) is 32.4 Å². The van der Waals surface area contributed by atoms with Gasteiger partial charge in [0.1, 0.15) is 0 Å². The van der Waals surface area contributed by atoms with Crippen molar-refractivity contribution >= 4 is 5.91 Å². The Balaban J connectivity index is 2.47. The molecule has 0 aliphatic heterocycles. The molecule has 1 rings (SSSR count). The third-order valence-electron chi connectivity index (χ3n) is 2.32. The average Bonchev–Trinajstić information content (AvgIpc) is 2.62. The molecule has 1 amide bonds. The van der Waals surface area contributed by atoms with E-state index < -0.39 is 0 Å². The number of carbonyl (C=O) groups excluding carboxylic acids is 1. The normalized spacial score (nSPS) is 10.7. The van der Waals surface area contributed by atoms with E-state index in [1.807, 2.05) is 0 Å². The molecule has 0 saturated heterocycles. The maximum absolute atomic E-state index is 11.0. The summed E-state index contributed by atoms with van der Waals surface area (Å²) in [6, 6.07) is 0. The maximum Gasteiger partial charge on any atom is 0.219 e. The van der Waals surface area contributed by atoms with Gasteiger partial charge in [-0.1, -0.05) is 13.8 Å². The lowest BCUT2D eigenvalue weighted by molar-refractivity contribution is -0.127. The fraction of sp³-hybridized carbons (Fsp3) is 0.700. The van der Waals surface area contributed by atoms with Gasteiger partial charge < -0.3 is 4.90 Å². The molecule has 0 unspecified atom stereocenters. The number of amides is 1. The number of rotatable bonds is 4. The first-order valence-electron chi connectivity index (χ1n) is 5.12. The van der Waals surface area contributed by atoms with E-state index in [9.17, 15) is 4.79 Å². The highest BCUT2D eigenvalue weighted by molar-refractivity contribution is 5.72. The zero-order valence-corrected chi connectivity index (χ0v) is 9.77. The van der Waals surface area contributed by atoms with Gasteiger partial charge in [-0.05, 0) is 5.92 Å². The van der Waals surface area contributed by atoms with E-state index in [1.54, 1.807) is 29.9 Å². The van der Waals surface area contributed by atoms with Crippen molar-refractivity contribution in [2.75, 3.05) is 13.6 Å². The summed E-state index contributed by atoms with van der Waals surface area (Å²) in [4.78, 5) is 14.2. The summed E-state index contributed by atoms with van der Waals surface area (Å²) in [5.41, 5.74) is 0.987. The molecule has 5 heteroatoms. The first kappa shape index (κ1) is 11.7. The van der Waals surface area contributed by atoms with Crippen molar-refractivity contribution in [3.05, 3.63) is 11.9 Å². The van der Waals surface area contributed by atoms with Crippen LogP contribution in [0, 0.1) is 0 Å². The molecule has 0 aliphatic rings. The molecule has 0 radical (unpaired) electrons. The topological polar surface area (TPSA) is 51.0 Å². The van der Waals surface area contributed by atoms with E-state index in [0.717, 1.165) is 5.69 Å². The summed E-state index contributed by atoms with van der Waals surface area (Å²) < 4.78 is 0. The zero-order chi connectivity index (χ0) is 11.4. The molecule has 0 bridgehead atoms. The summed E-state index contributed by atoms with van der Waals surface area (Å²) in [7, 11) is 1.77. The molecule has 15 heavy (non-hydrogen) atoms. The summed E-state index contributed by atoms with van der Waals surface area (Å²) >= 11 is 0. The first-order chi connectivity index (χ1) is 7.00. The first-order valence-corrected chi connectivity index (χ1v) is 5.12. The second-order valence-electron chi connectivity index (χ2n) is 3.96.